The van der Waals surface area contributed by atoms with Crippen molar-refractivity contribution < 1.29 is 20.4 Å². The normalized spacial score (nSPS) is 14.5. The molecule has 0 fully saturated rings. The molecule has 0 aliphatic heterocycles. The zero-order valence-electron chi connectivity index (χ0n) is 13.3. The quantitative estimate of drug-likeness (QED) is 0.424. The molecule has 2 unspecified atom stereocenters. The van der Waals surface area contributed by atoms with Crippen molar-refractivity contribution >= 4 is 0 Å². The minimum Gasteiger partial charge on any atom is -0.394 e. The molecule has 126 valence electrons. The van der Waals surface area contributed by atoms with Crippen LogP contribution in [0.5, 0.6) is 0 Å². The first kappa shape index (κ1) is 19.0. The van der Waals surface area contributed by atoms with Crippen LogP contribution in [0.3, 0.4) is 0 Å². The minimum absolute atomic E-state index is 0.243. The number of hydrogen-bond acceptors (Lipinski definition) is 7. The van der Waals surface area contributed by atoms with E-state index < -0.39 is 12.2 Å². The first-order chi connectivity index (χ1) is 10.4. The fraction of sp³-hybridized carbons (Fsp3) is 0.667. The van der Waals surface area contributed by atoms with Gasteiger partial charge in [0.2, 0.25) is 0 Å². The van der Waals surface area contributed by atoms with E-state index in [9.17, 15) is 10.2 Å². The second-order valence-corrected chi connectivity index (χ2v) is 5.72. The van der Waals surface area contributed by atoms with E-state index in [1.807, 2.05) is 36.0 Å². The van der Waals surface area contributed by atoms with Crippen molar-refractivity contribution in [3.63, 3.8) is 0 Å². The zero-order valence-corrected chi connectivity index (χ0v) is 13.3. The third kappa shape index (κ3) is 7.26. The highest BCUT2D eigenvalue weighted by atomic mass is 16.3. The molecule has 0 saturated carbocycles. The summed E-state index contributed by atoms with van der Waals surface area (Å²) >= 11 is 0. The monoisotopic (exact) mass is 313 g/mol. The topological polar surface area (TPSA) is 100 Å². The number of aliphatic hydroxyl groups excluding tert-OH is 4. The molecule has 7 nitrogen and oxygen atoms in total. The molecular formula is C15H27N3O4. The van der Waals surface area contributed by atoms with Gasteiger partial charge in [0.15, 0.2) is 0 Å². The zero-order chi connectivity index (χ0) is 16.5. The Morgan fingerprint density at radius 3 is 1.95 bits per heavy atom. The largest absolute Gasteiger partial charge is 0.394 e. The van der Waals surface area contributed by atoms with Gasteiger partial charge in [-0.1, -0.05) is 6.07 Å². The molecule has 2 atom stereocenters. The molecule has 22 heavy (non-hydrogen) atoms. The van der Waals surface area contributed by atoms with Crippen molar-refractivity contribution in [1.29, 1.82) is 0 Å². The van der Waals surface area contributed by atoms with Crippen LogP contribution in [0.2, 0.25) is 0 Å². The second kappa shape index (κ2) is 9.83. The van der Waals surface area contributed by atoms with Gasteiger partial charge in [-0.05, 0) is 25.7 Å². The average Bonchev–Trinajstić information content (AvgIpc) is 2.48. The summed E-state index contributed by atoms with van der Waals surface area (Å²) in [6.45, 7) is 1.54. The van der Waals surface area contributed by atoms with Crippen LogP contribution >= 0.6 is 0 Å². The summed E-state index contributed by atoms with van der Waals surface area (Å²) in [5.41, 5.74) is 1.91. The molecule has 1 aromatic rings. The summed E-state index contributed by atoms with van der Waals surface area (Å²) in [6, 6.07) is 3.90. The van der Waals surface area contributed by atoms with E-state index in [1.165, 1.54) is 0 Å². The van der Waals surface area contributed by atoms with E-state index in [4.69, 9.17) is 10.2 Å². The molecule has 0 saturated heterocycles. The van der Waals surface area contributed by atoms with Crippen molar-refractivity contribution in [1.82, 2.24) is 14.8 Å². The summed E-state index contributed by atoms with van der Waals surface area (Å²) in [4.78, 5) is 8.19. The predicted molar refractivity (Wildman–Crippen MR) is 83.1 cm³/mol. The highest BCUT2D eigenvalue weighted by molar-refractivity contribution is 5.14. The Kier molecular flexibility index (Phi) is 8.47. The number of aliphatic hydroxyl groups is 4. The first-order valence-corrected chi connectivity index (χ1v) is 7.33. The van der Waals surface area contributed by atoms with Crippen molar-refractivity contribution in [2.45, 2.75) is 25.3 Å². The molecule has 0 radical (unpaired) electrons. The van der Waals surface area contributed by atoms with E-state index in [0.29, 0.717) is 26.2 Å². The molecule has 1 aromatic heterocycles. The average molecular weight is 313 g/mol. The number of rotatable bonds is 10. The Hall–Kier alpha value is -1.09. The van der Waals surface area contributed by atoms with Gasteiger partial charge >= 0.3 is 0 Å². The lowest BCUT2D eigenvalue weighted by atomic mass is 10.2. The molecular weight excluding hydrogens is 286 g/mol. The van der Waals surface area contributed by atoms with Crippen molar-refractivity contribution in [3.8, 4) is 0 Å². The molecule has 7 heteroatoms. The molecule has 0 aliphatic carbocycles. The number of hydrogen-bond donors (Lipinski definition) is 4. The van der Waals surface area contributed by atoms with Crippen LogP contribution in [-0.2, 0) is 13.1 Å². The first-order valence-electron chi connectivity index (χ1n) is 7.33. The standard InChI is InChI=1S/C15H27N3O4/c1-17(8-14(21)10-19)6-12-3-4-13(16-5-12)7-18(2)9-15(22)11-20/h3-5,14-15,19-22H,6-11H2,1-2H3. The molecule has 0 aromatic carbocycles. The fourth-order valence-corrected chi connectivity index (χ4v) is 2.19. The number of pyridine rings is 1. The van der Waals surface area contributed by atoms with E-state index in [-0.39, 0.29) is 13.2 Å². The lowest BCUT2D eigenvalue weighted by Gasteiger charge is -2.20. The van der Waals surface area contributed by atoms with Crippen LogP contribution in [0.1, 0.15) is 11.3 Å². The Morgan fingerprint density at radius 2 is 1.50 bits per heavy atom. The van der Waals surface area contributed by atoms with Crippen molar-refractivity contribution in [2.24, 2.45) is 0 Å². The van der Waals surface area contributed by atoms with Crippen LogP contribution < -0.4 is 0 Å². The van der Waals surface area contributed by atoms with Crippen molar-refractivity contribution in [3.05, 3.63) is 29.6 Å². The molecule has 0 aliphatic rings. The van der Waals surface area contributed by atoms with Crippen LogP contribution in [0.4, 0.5) is 0 Å². The summed E-state index contributed by atoms with van der Waals surface area (Å²) in [6.07, 6.45) is 0.313. The minimum atomic E-state index is -0.740. The van der Waals surface area contributed by atoms with Crippen LogP contribution in [0, 0.1) is 0 Å². The maximum Gasteiger partial charge on any atom is 0.0897 e. The van der Waals surface area contributed by atoms with Crippen LogP contribution in [0.15, 0.2) is 18.3 Å². The fourth-order valence-electron chi connectivity index (χ4n) is 2.19. The number of aromatic nitrogens is 1. The lowest BCUT2D eigenvalue weighted by molar-refractivity contribution is 0.0642. The second-order valence-electron chi connectivity index (χ2n) is 5.72. The Labute approximate surface area is 131 Å². The van der Waals surface area contributed by atoms with Gasteiger partial charge in [0.05, 0.1) is 31.1 Å². The van der Waals surface area contributed by atoms with Gasteiger partial charge in [0.25, 0.3) is 0 Å². The van der Waals surface area contributed by atoms with E-state index in [2.05, 4.69) is 4.98 Å². The van der Waals surface area contributed by atoms with Gasteiger partial charge < -0.3 is 20.4 Å². The van der Waals surface area contributed by atoms with Crippen LogP contribution in [0.25, 0.3) is 0 Å². The number of nitrogens with zero attached hydrogens (tertiary/aromatic N) is 3. The molecule has 1 heterocycles. The molecule has 0 bridgehead atoms. The molecule has 0 amide bonds. The van der Waals surface area contributed by atoms with Gasteiger partial charge in [0, 0.05) is 32.4 Å². The van der Waals surface area contributed by atoms with Gasteiger partial charge in [-0.25, -0.2) is 0 Å². The molecule has 1 rings (SSSR count). The lowest BCUT2D eigenvalue weighted by Crippen LogP contribution is -2.31. The predicted octanol–water partition coefficient (Wildman–Crippen LogP) is -1.35. The van der Waals surface area contributed by atoms with Gasteiger partial charge in [0.1, 0.15) is 0 Å². The molecule has 4 N–H and O–H groups in total. The third-order valence-electron chi connectivity index (χ3n) is 3.24. The highest BCUT2D eigenvalue weighted by Crippen LogP contribution is 2.06. The summed E-state index contributed by atoms with van der Waals surface area (Å²) < 4.78 is 0. The van der Waals surface area contributed by atoms with E-state index in [1.54, 1.807) is 6.20 Å². The third-order valence-corrected chi connectivity index (χ3v) is 3.24. The Balaban J connectivity index is 2.45. The van der Waals surface area contributed by atoms with Gasteiger partial charge in [-0.15, -0.1) is 0 Å². The summed E-state index contributed by atoms with van der Waals surface area (Å²) in [5, 5.41) is 36.4. The van der Waals surface area contributed by atoms with E-state index >= 15 is 0 Å². The maximum absolute atomic E-state index is 9.39. The Bertz CT molecular complexity index is 377. The summed E-state index contributed by atoms with van der Waals surface area (Å²) in [7, 11) is 3.73. The van der Waals surface area contributed by atoms with Crippen molar-refractivity contribution in [2.75, 3.05) is 40.4 Å². The van der Waals surface area contributed by atoms with Gasteiger partial charge in [-0.2, -0.15) is 0 Å². The van der Waals surface area contributed by atoms with Crippen LogP contribution in [-0.4, -0.2) is 87.8 Å². The smallest absolute Gasteiger partial charge is 0.0897 e. The highest BCUT2D eigenvalue weighted by Gasteiger charge is 2.09. The summed E-state index contributed by atoms with van der Waals surface area (Å²) in [5.74, 6) is 0. The maximum atomic E-state index is 9.39. The van der Waals surface area contributed by atoms with E-state index in [0.717, 1.165) is 11.3 Å². The SMILES string of the molecule is CN(Cc1ccc(CN(C)CC(O)CO)nc1)CC(O)CO. The Morgan fingerprint density at radius 1 is 0.955 bits per heavy atom. The van der Waals surface area contributed by atoms with Gasteiger partial charge in [-0.3, -0.25) is 14.8 Å². The molecule has 0 spiro atoms. The number of likely N-dealkylation sites (N-methyl/N-ethyl adjacent to an activating group) is 2.